The Balaban J connectivity index is 1.48. The van der Waals surface area contributed by atoms with Crippen molar-refractivity contribution in [3.8, 4) is 50.6 Å². The monoisotopic (exact) mass is 680 g/mol. The highest BCUT2D eigenvalue weighted by atomic mass is 31.2. The summed E-state index contributed by atoms with van der Waals surface area (Å²) in [7, 11) is -4.42. The van der Waals surface area contributed by atoms with Crippen molar-refractivity contribution in [1.82, 2.24) is 0 Å². The van der Waals surface area contributed by atoms with Gasteiger partial charge < -0.3 is 13.6 Å². The lowest BCUT2D eigenvalue weighted by Gasteiger charge is -2.24. The molecule has 0 saturated heterocycles. The van der Waals surface area contributed by atoms with Crippen molar-refractivity contribution in [2.24, 2.45) is 0 Å². The maximum Gasteiger partial charge on any atom is 0.647 e. The number of para-hydroxylation sites is 3. The highest BCUT2D eigenvalue weighted by Crippen LogP contribution is 2.54. The van der Waals surface area contributed by atoms with Crippen LogP contribution in [0.2, 0.25) is 0 Å². The van der Waals surface area contributed by atoms with Crippen LogP contribution in [0.15, 0.2) is 146 Å². The van der Waals surface area contributed by atoms with Crippen LogP contribution < -0.4 is 13.6 Å². The number of phosphoric acid groups is 1. The van der Waals surface area contributed by atoms with E-state index in [2.05, 4.69) is 75.4 Å². The van der Waals surface area contributed by atoms with Crippen molar-refractivity contribution >= 4 is 7.82 Å². The maximum atomic E-state index is 15.4. The minimum absolute atomic E-state index is 0.423. The summed E-state index contributed by atoms with van der Waals surface area (Å²) in [5, 5.41) is 0. The highest BCUT2D eigenvalue weighted by molar-refractivity contribution is 7.49. The molecular weight excluding hydrogens is 635 g/mol. The maximum absolute atomic E-state index is 15.4. The molecule has 0 spiro atoms. The third kappa shape index (κ3) is 8.04. The van der Waals surface area contributed by atoms with Crippen molar-refractivity contribution < 1.29 is 18.1 Å². The summed E-state index contributed by atoms with van der Waals surface area (Å²) in [6, 6.07) is 47.9. The third-order valence-corrected chi connectivity index (χ3v) is 10.0. The molecule has 0 bridgehead atoms. The summed E-state index contributed by atoms with van der Waals surface area (Å²) < 4.78 is 35.2. The molecule has 50 heavy (non-hydrogen) atoms. The molecule has 0 aliphatic carbocycles. The van der Waals surface area contributed by atoms with E-state index in [-0.39, 0.29) is 0 Å². The molecule has 0 heterocycles. The molecule has 6 aromatic rings. The van der Waals surface area contributed by atoms with Crippen molar-refractivity contribution in [1.29, 1.82) is 0 Å². The SMILES string of the molecule is CCCc1ccccc1-c1ccccc1OP(=O)(Oc1ccccc1-c1ccccc1CCC)Oc1ccccc1-c1ccccc1CCC. The first-order chi connectivity index (χ1) is 24.5. The number of hydrogen-bond acceptors (Lipinski definition) is 4. The second-order valence-corrected chi connectivity index (χ2v) is 13.9. The van der Waals surface area contributed by atoms with E-state index in [1.54, 1.807) is 0 Å². The Labute approximate surface area is 297 Å². The largest absolute Gasteiger partial charge is 0.647 e. The van der Waals surface area contributed by atoms with Crippen LogP contribution in [-0.4, -0.2) is 0 Å². The molecule has 0 unspecified atom stereocenters. The Morgan fingerprint density at radius 2 is 0.600 bits per heavy atom. The molecule has 0 aliphatic rings. The molecule has 0 aromatic heterocycles. The Morgan fingerprint density at radius 1 is 0.360 bits per heavy atom. The van der Waals surface area contributed by atoms with Gasteiger partial charge in [-0.05, 0) is 70.8 Å². The number of aryl methyl sites for hydroxylation is 3. The van der Waals surface area contributed by atoms with Gasteiger partial charge >= 0.3 is 7.82 Å². The quantitative estimate of drug-likeness (QED) is 0.101. The summed E-state index contributed by atoms with van der Waals surface area (Å²) >= 11 is 0. The Hall–Kier alpha value is -5.05. The normalized spacial score (nSPS) is 11.3. The molecule has 254 valence electrons. The van der Waals surface area contributed by atoms with Crippen molar-refractivity contribution in [3.63, 3.8) is 0 Å². The van der Waals surface area contributed by atoms with E-state index in [1.165, 1.54) is 16.7 Å². The average molecular weight is 681 g/mol. The Morgan fingerprint density at radius 3 is 0.880 bits per heavy atom. The van der Waals surface area contributed by atoms with Crippen LogP contribution in [0.1, 0.15) is 56.7 Å². The van der Waals surface area contributed by atoms with Gasteiger partial charge in [-0.1, -0.05) is 167 Å². The molecule has 6 aromatic carbocycles. The van der Waals surface area contributed by atoms with E-state index in [4.69, 9.17) is 13.6 Å². The summed E-state index contributed by atoms with van der Waals surface area (Å²) in [4.78, 5) is 0. The molecule has 0 fully saturated rings. The predicted octanol–water partition coefficient (Wildman–Crippen LogP) is 13.2. The highest BCUT2D eigenvalue weighted by Gasteiger charge is 2.36. The van der Waals surface area contributed by atoms with Gasteiger partial charge in [0.05, 0.1) is 0 Å². The number of hydrogen-bond donors (Lipinski definition) is 0. The van der Waals surface area contributed by atoms with Crippen LogP contribution in [0.25, 0.3) is 33.4 Å². The van der Waals surface area contributed by atoms with Gasteiger partial charge in [0, 0.05) is 16.7 Å². The third-order valence-electron chi connectivity index (χ3n) is 8.77. The lowest BCUT2D eigenvalue weighted by molar-refractivity contribution is 0.299. The van der Waals surface area contributed by atoms with Crippen LogP contribution in [0.4, 0.5) is 0 Å². The predicted molar refractivity (Wildman–Crippen MR) is 207 cm³/mol. The zero-order chi connectivity index (χ0) is 34.8. The van der Waals surface area contributed by atoms with E-state index in [9.17, 15) is 0 Å². The van der Waals surface area contributed by atoms with E-state index < -0.39 is 7.82 Å². The molecule has 0 atom stereocenters. The van der Waals surface area contributed by atoms with Crippen LogP contribution in [0.5, 0.6) is 17.2 Å². The first-order valence-corrected chi connectivity index (χ1v) is 19.2. The smallest absolute Gasteiger partial charge is 0.385 e. The molecule has 0 saturated carbocycles. The molecular formula is C45H45O4P. The number of rotatable bonds is 15. The van der Waals surface area contributed by atoms with Crippen LogP contribution in [0.3, 0.4) is 0 Å². The summed E-state index contributed by atoms with van der Waals surface area (Å²) in [6.45, 7) is 6.50. The summed E-state index contributed by atoms with van der Waals surface area (Å²) in [6.07, 6.45) is 5.71. The minimum atomic E-state index is -4.42. The van der Waals surface area contributed by atoms with E-state index >= 15 is 4.57 Å². The summed E-state index contributed by atoms with van der Waals surface area (Å²) in [5.41, 5.74) is 9.14. The van der Waals surface area contributed by atoms with Crippen molar-refractivity contribution in [2.75, 3.05) is 0 Å². The molecule has 5 heteroatoms. The fourth-order valence-corrected chi connectivity index (χ4v) is 7.85. The fraction of sp³-hybridized carbons (Fsp3) is 0.200. The molecule has 4 nitrogen and oxygen atoms in total. The van der Waals surface area contributed by atoms with E-state index in [0.29, 0.717) is 17.2 Å². The number of phosphoric ester groups is 1. The topological polar surface area (TPSA) is 44.8 Å². The van der Waals surface area contributed by atoms with Gasteiger partial charge in [-0.15, -0.1) is 0 Å². The van der Waals surface area contributed by atoms with Gasteiger partial charge in [-0.2, -0.15) is 4.57 Å². The molecule has 0 radical (unpaired) electrons. The zero-order valence-corrected chi connectivity index (χ0v) is 30.1. The van der Waals surface area contributed by atoms with Crippen LogP contribution in [-0.2, 0) is 23.8 Å². The fourth-order valence-electron chi connectivity index (χ4n) is 6.53. The lowest BCUT2D eigenvalue weighted by Crippen LogP contribution is -2.10. The second kappa shape index (κ2) is 16.6. The van der Waals surface area contributed by atoms with Gasteiger partial charge in [0.25, 0.3) is 0 Å². The average Bonchev–Trinajstić information content (AvgIpc) is 3.14. The second-order valence-electron chi connectivity index (χ2n) is 12.4. The van der Waals surface area contributed by atoms with Gasteiger partial charge in [0.15, 0.2) is 0 Å². The zero-order valence-electron chi connectivity index (χ0n) is 29.2. The van der Waals surface area contributed by atoms with Gasteiger partial charge in [0.2, 0.25) is 0 Å². The number of benzene rings is 6. The molecule has 0 amide bonds. The lowest BCUT2D eigenvalue weighted by atomic mass is 9.96. The van der Waals surface area contributed by atoms with Gasteiger partial charge in [-0.25, -0.2) is 0 Å². The molecule has 0 aliphatic heterocycles. The van der Waals surface area contributed by atoms with Gasteiger partial charge in [0.1, 0.15) is 17.2 Å². The van der Waals surface area contributed by atoms with Crippen molar-refractivity contribution in [2.45, 2.75) is 59.3 Å². The first kappa shape index (κ1) is 34.8. The minimum Gasteiger partial charge on any atom is -0.385 e. The molecule has 0 N–H and O–H groups in total. The van der Waals surface area contributed by atoms with E-state index in [0.717, 1.165) is 71.9 Å². The van der Waals surface area contributed by atoms with Crippen molar-refractivity contribution in [3.05, 3.63) is 162 Å². The van der Waals surface area contributed by atoms with Crippen LogP contribution in [0, 0.1) is 0 Å². The Kier molecular flexibility index (Phi) is 11.5. The first-order valence-electron chi connectivity index (χ1n) is 17.7. The standard InChI is InChI=1S/C45H45O4P/c1-4-19-34-22-7-10-25-37(34)40-28-13-16-31-43(40)47-50(46,48-44-32-17-14-29-41(44)38-26-11-8-23-35(38)20-5-2)49-45-33-18-15-30-42(45)39-27-12-9-24-36(39)21-6-3/h7-18,22-33H,4-6,19-21H2,1-3H3. The van der Waals surface area contributed by atoms with E-state index in [1.807, 2.05) is 91.0 Å². The summed E-state index contributed by atoms with van der Waals surface area (Å²) in [5.74, 6) is 1.27. The van der Waals surface area contributed by atoms with Gasteiger partial charge in [-0.3, -0.25) is 0 Å². The molecule has 6 rings (SSSR count). The van der Waals surface area contributed by atoms with Crippen LogP contribution >= 0.6 is 7.82 Å². The Bertz CT molecular complexity index is 1850.